The molecule has 2 aliphatic rings. The molecule has 0 aromatic heterocycles. The summed E-state index contributed by atoms with van der Waals surface area (Å²) in [5, 5.41) is 0. The topological polar surface area (TPSA) is 38.8 Å². The van der Waals surface area contributed by atoms with Gasteiger partial charge in [-0.2, -0.15) is 0 Å². The van der Waals surface area contributed by atoms with Crippen LogP contribution in [0.1, 0.15) is 18.4 Å². The summed E-state index contributed by atoms with van der Waals surface area (Å²) >= 11 is 6.68. The Bertz CT molecular complexity index is 624. The second kappa shape index (κ2) is 6.81. The number of carbonyl (C=O) groups excluding carboxylic acids is 1. The summed E-state index contributed by atoms with van der Waals surface area (Å²) in [5.41, 5.74) is 0.877. The van der Waals surface area contributed by atoms with Crippen LogP contribution in [0.3, 0.4) is 0 Å². The van der Waals surface area contributed by atoms with Gasteiger partial charge >= 0.3 is 0 Å². The van der Waals surface area contributed by atoms with Crippen molar-refractivity contribution in [1.29, 1.82) is 0 Å². The van der Waals surface area contributed by atoms with Crippen molar-refractivity contribution in [1.82, 2.24) is 4.90 Å². The van der Waals surface area contributed by atoms with Gasteiger partial charge in [0.15, 0.2) is 0 Å². The molecule has 2 saturated heterocycles. The number of para-hydroxylation sites is 1. The number of benzene rings is 1. The predicted molar refractivity (Wildman–Crippen MR) is 91.8 cm³/mol. The van der Waals surface area contributed by atoms with Crippen molar-refractivity contribution in [3.05, 3.63) is 34.7 Å². The lowest BCUT2D eigenvalue weighted by Gasteiger charge is -2.18. The molecule has 6 heteroatoms. The molecule has 0 bridgehead atoms. The standard InChI is InChI=1S/C16H17NO3S2/c1-19-13-7-3-2-5-11(13)9-14-15(18)17(16(21)22-14)10-12-6-4-8-20-12/h2-3,5,7,9,12H,4,6,8,10H2,1H3/b14-9+/t12-/m0/s1. The smallest absolute Gasteiger partial charge is 0.266 e. The van der Waals surface area contributed by atoms with Crippen molar-refractivity contribution in [2.45, 2.75) is 18.9 Å². The molecule has 1 atom stereocenters. The van der Waals surface area contributed by atoms with E-state index in [1.807, 2.05) is 30.3 Å². The van der Waals surface area contributed by atoms with E-state index in [9.17, 15) is 4.79 Å². The van der Waals surface area contributed by atoms with Crippen molar-refractivity contribution in [2.75, 3.05) is 20.3 Å². The van der Waals surface area contributed by atoms with Gasteiger partial charge in [0.1, 0.15) is 10.1 Å². The molecule has 4 nitrogen and oxygen atoms in total. The molecule has 0 unspecified atom stereocenters. The number of carbonyl (C=O) groups is 1. The second-order valence-electron chi connectivity index (χ2n) is 5.17. The van der Waals surface area contributed by atoms with E-state index in [1.165, 1.54) is 11.8 Å². The van der Waals surface area contributed by atoms with Crippen molar-refractivity contribution in [2.24, 2.45) is 0 Å². The maximum atomic E-state index is 12.6. The molecule has 0 radical (unpaired) electrons. The quantitative estimate of drug-likeness (QED) is 0.624. The Morgan fingerprint density at radius 2 is 2.32 bits per heavy atom. The van der Waals surface area contributed by atoms with Crippen LogP contribution in [0.4, 0.5) is 0 Å². The maximum absolute atomic E-state index is 12.6. The fraction of sp³-hybridized carbons (Fsp3) is 0.375. The first kappa shape index (κ1) is 15.5. The molecule has 0 saturated carbocycles. The third-order valence-electron chi connectivity index (χ3n) is 3.71. The monoisotopic (exact) mass is 335 g/mol. The highest BCUT2D eigenvalue weighted by molar-refractivity contribution is 8.26. The number of amides is 1. The van der Waals surface area contributed by atoms with Gasteiger partial charge in [0.2, 0.25) is 0 Å². The molecule has 1 amide bonds. The zero-order valence-electron chi connectivity index (χ0n) is 12.3. The summed E-state index contributed by atoms with van der Waals surface area (Å²) in [5.74, 6) is 0.698. The van der Waals surface area contributed by atoms with E-state index in [0.29, 0.717) is 15.8 Å². The van der Waals surface area contributed by atoms with Gasteiger partial charge in [-0.25, -0.2) is 0 Å². The van der Waals surface area contributed by atoms with E-state index in [1.54, 1.807) is 12.0 Å². The van der Waals surface area contributed by atoms with Gasteiger partial charge in [-0.05, 0) is 25.0 Å². The molecule has 2 aliphatic heterocycles. The minimum absolute atomic E-state index is 0.0450. The highest BCUT2D eigenvalue weighted by atomic mass is 32.2. The van der Waals surface area contributed by atoms with Crippen LogP contribution in [0.25, 0.3) is 6.08 Å². The second-order valence-corrected chi connectivity index (χ2v) is 6.85. The number of nitrogens with zero attached hydrogens (tertiary/aromatic N) is 1. The van der Waals surface area contributed by atoms with Crippen molar-refractivity contribution in [3.8, 4) is 5.75 Å². The average molecular weight is 335 g/mol. The normalized spacial score (nSPS) is 23.6. The van der Waals surface area contributed by atoms with Crippen LogP contribution in [0, 0.1) is 0 Å². The fourth-order valence-corrected chi connectivity index (χ4v) is 3.84. The Kier molecular flexibility index (Phi) is 4.81. The highest BCUT2D eigenvalue weighted by Crippen LogP contribution is 2.34. The van der Waals surface area contributed by atoms with E-state index in [-0.39, 0.29) is 12.0 Å². The van der Waals surface area contributed by atoms with Gasteiger partial charge < -0.3 is 9.47 Å². The Balaban J connectivity index is 1.79. The lowest BCUT2D eigenvalue weighted by molar-refractivity contribution is -0.123. The van der Waals surface area contributed by atoms with Gasteiger partial charge in [0.25, 0.3) is 5.91 Å². The number of hydrogen-bond acceptors (Lipinski definition) is 5. The Morgan fingerprint density at radius 1 is 1.50 bits per heavy atom. The molecule has 0 N–H and O–H groups in total. The molecule has 1 aromatic carbocycles. The number of ether oxygens (including phenoxy) is 2. The predicted octanol–water partition coefficient (Wildman–Crippen LogP) is 3.08. The van der Waals surface area contributed by atoms with E-state index in [0.717, 1.165) is 30.8 Å². The minimum Gasteiger partial charge on any atom is -0.496 e. The maximum Gasteiger partial charge on any atom is 0.266 e. The summed E-state index contributed by atoms with van der Waals surface area (Å²) < 4.78 is 11.5. The summed E-state index contributed by atoms with van der Waals surface area (Å²) in [6.07, 6.45) is 3.99. The van der Waals surface area contributed by atoms with Crippen molar-refractivity contribution in [3.63, 3.8) is 0 Å². The first-order valence-corrected chi connectivity index (χ1v) is 8.41. The molecule has 0 aliphatic carbocycles. The van der Waals surface area contributed by atoms with Crippen LogP contribution in [0.2, 0.25) is 0 Å². The zero-order valence-corrected chi connectivity index (χ0v) is 13.9. The van der Waals surface area contributed by atoms with Gasteiger partial charge in [-0.1, -0.05) is 42.2 Å². The minimum atomic E-state index is -0.0450. The summed E-state index contributed by atoms with van der Waals surface area (Å²) in [4.78, 5) is 14.8. The molecular formula is C16H17NO3S2. The number of hydrogen-bond donors (Lipinski definition) is 0. The average Bonchev–Trinajstić information content (AvgIpc) is 3.12. The van der Waals surface area contributed by atoms with Crippen LogP contribution in [0.5, 0.6) is 5.75 Å². The lowest BCUT2D eigenvalue weighted by Crippen LogP contribution is -2.35. The van der Waals surface area contributed by atoms with E-state index >= 15 is 0 Å². The van der Waals surface area contributed by atoms with Gasteiger partial charge in [0, 0.05) is 12.2 Å². The summed E-state index contributed by atoms with van der Waals surface area (Å²) in [6, 6.07) is 7.62. The molecular weight excluding hydrogens is 318 g/mol. The number of thiocarbonyl (C=S) groups is 1. The first-order chi connectivity index (χ1) is 10.7. The van der Waals surface area contributed by atoms with Crippen LogP contribution in [-0.4, -0.2) is 41.5 Å². The van der Waals surface area contributed by atoms with Crippen molar-refractivity contribution >= 4 is 40.3 Å². The van der Waals surface area contributed by atoms with E-state index in [4.69, 9.17) is 21.7 Å². The molecule has 116 valence electrons. The van der Waals surface area contributed by atoms with Crippen LogP contribution in [-0.2, 0) is 9.53 Å². The van der Waals surface area contributed by atoms with Crippen LogP contribution < -0.4 is 4.74 Å². The number of rotatable bonds is 4. The zero-order chi connectivity index (χ0) is 15.5. The Labute approximate surface area is 139 Å². The fourth-order valence-electron chi connectivity index (χ4n) is 2.58. The van der Waals surface area contributed by atoms with Crippen LogP contribution >= 0.6 is 24.0 Å². The summed E-state index contributed by atoms with van der Waals surface area (Å²) in [6.45, 7) is 1.32. The largest absolute Gasteiger partial charge is 0.496 e. The molecule has 2 fully saturated rings. The van der Waals surface area contributed by atoms with Gasteiger partial charge in [-0.15, -0.1) is 0 Å². The third kappa shape index (κ3) is 3.19. The van der Waals surface area contributed by atoms with E-state index < -0.39 is 0 Å². The number of thioether (sulfide) groups is 1. The highest BCUT2D eigenvalue weighted by Gasteiger charge is 2.34. The molecule has 3 rings (SSSR count). The Morgan fingerprint density at radius 3 is 3.05 bits per heavy atom. The van der Waals surface area contributed by atoms with Crippen LogP contribution in [0.15, 0.2) is 29.2 Å². The van der Waals surface area contributed by atoms with Crippen molar-refractivity contribution < 1.29 is 14.3 Å². The SMILES string of the molecule is COc1ccccc1/C=C1/SC(=S)N(C[C@@H]2CCCO2)C1=O. The molecule has 22 heavy (non-hydrogen) atoms. The first-order valence-electron chi connectivity index (χ1n) is 7.19. The lowest BCUT2D eigenvalue weighted by atomic mass is 10.2. The number of methoxy groups -OCH3 is 1. The molecule has 2 heterocycles. The van der Waals surface area contributed by atoms with Gasteiger partial charge in [0.05, 0.1) is 24.7 Å². The Hall–Kier alpha value is -1.37. The molecule has 0 spiro atoms. The van der Waals surface area contributed by atoms with E-state index in [2.05, 4.69) is 0 Å². The summed E-state index contributed by atoms with van der Waals surface area (Å²) in [7, 11) is 1.62. The van der Waals surface area contributed by atoms with Gasteiger partial charge in [-0.3, -0.25) is 9.69 Å². The molecule has 1 aromatic rings. The third-order valence-corrected chi connectivity index (χ3v) is 5.09.